The Morgan fingerprint density at radius 1 is 1.28 bits per heavy atom. The Morgan fingerprint density at radius 2 is 2.07 bits per heavy atom. The molecule has 2 aromatic heterocycles. The summed E-state index contributed by atoms with van der Waals surface area (Å²) in [6, 6.07) is 7.71. The number of aliphatic hydroxyl groups is 1. The average molecular weight is 412 g/mol. The molecule has 4 rings (SSSR count). The lowest BCUT2D eigenvalue weighted by Crippen LogP contribution is -2.39. The fourth-order valence-corrected chi connectivity index (χ4v) is 4.21. The third kappa shape index (κ3) is 3.88. The second-order valence-corrected chi connectivity index (χ2v) is 7.70. The number of hydrogen-bond donors (Lipinski definition) is 2. The second kappa shape index (κ2) is 8.31. The van der Waals surface area contributed by atoms with E-state index in [-0.39, 0.29) is 11.8 Å². The van der Waals surface area contributed by atoms with Crippen LogP contribution in [-0.2, 0) is 4.79 Å². The minimum atomic E-state index is -0.442. The molecule has 8 heteroatoms. The molecule has 3 heterocycles. The molecule has 7 nitrogen and oxygen atoms in total. The fraction of sp³-hybridized carbons (Fsp3) is 0.333. The molecule has 29 heavy (non-hydrogen) atoms. The van der Waals surface area contributed by atoms with E-state index in [4.69, 9.17) is 16.7 Å². The number of H-pyrrole nitrogens is 1. The van der Waals surface area contributed by atoms with Gasteiger partial charge < -0.3 is 10.0 Å². The number of aliphatic hydroxyl groups excluding tert-OH is 1. The van der Waals surface area contributed by atoms with Gasteiger partial charge in [-0.05, 0) is 43.5 Å². The molecule has 3 aromatic rings. The number of amides is 1. The van der Waals surface area contributed by atoms with Crippen LogP contribution in [0.25, 0.3) is 22.4 Å². The maximum atomic E-state index is 11.8. The lowest BCUT2D eigenvalue weighted by Gasteiger charge is -2.31. The molecule has 0 spiro atoms. The Bertz CT molecular complexity index is 1010. The summed E-state index contributed by atoms with van der Waals surface area (Å²) in [5.74, 6) is 0.0128. The Morgan fingerprint density at radius 3 is 2.72 bits per heavy atom. The first-order chi connectivity index (χ1) is 14.1. The van der Waals surface area contributed by atoms with Crippen LogP contribution >= 0.6 is 11.6 Å². The predicted octanol–water partition coefficient (Wildman–Crippen LogP) is 3.19. The first kappa shape index (κ1) is 19.5. The molecule has 1 aliphatic heterocycles. The smallest absolute Gasteiger partial charge is 0.248 e. The highest BCUT2D eigenvalue weighted by molar-refractivity contribution is 6.30. The van der Waals surface area contributed by atoms with E-state index in [1.807, 2.05) is 31.2 Å². The van der Waals surface area contributed by atoms with Crippen LogP contribution in [0.3, 0.4) is 0 Å². The molecule has 0 saturated carbocycles. The fourth-order valence-electron chi connectivity index (χ4n) is 3.99. The zero-order valence-corrected chi connectivity index (χ0v) is 16.9. The summed E-state index contributed by atoms with van der Waals surface area (Å²) >= 11 is 6.14. The minimum Gasteiger partial charge on any atom is -0.387 e. The Balaban J connectivity index is 1.74. The van der Waals surface area contributed by atoms with E-state index in [1.165, 1.54) is 0 Å². The van der Waals surface area contributed by atoms with Gasteiger partial charge in [-0.15, -0.1) is 0 Å². The molecule has 1 aromatic carbocycles. The molecule has 1 amide bonds. The Hall–Kier alpha value is -2.77. The Labute approximate surface area is 173 Å². The molecule has 0 radical (unpaired) electrons. The highest BCUT2D eigenvalue weighted by Crippen LogP contribution is 2.40. The number of carbonyl (C=O) groups is 1. The normalized spacial score (nSPS) is 14.9. The first-order valence-corrected chi connectivity index (χ1v) is 9.96. The monoisotopic (exact) mass is 411 g/mol. The maximum absolute atomic E-state index is 11.8. The summed E-state index contributed by atoms with van der Waals surface area (Å²) in [6.07, 6.45) is 5.03. The topological polar surface area (TPSA) is 95.0 Å². The second-order valence-electron chi connectivity index (χ2n) is 7.26. The summed E-state index contributed by atoms with van der Waals surface area (Å²) in [6.45, 7) is 2.81. The molecule has 1 aliphatic rings. The van der Waals surface area contributed by atoms with E-state index in [1.54, 1.807) is 17.3 Å². The van der Waals surface area contributed by atoms with Gasteiger partial charge in [0.05, 0.1) is 12.4 Å². The number of likely N-dealkylation sites (tertiary alicyclic amines) is 1. The van der Waals surface area contributed by atoms with E-state index < -0.39 is 6.61 Å². The van der Waals surface area contributed by atoms with Crippen LogP contribution in [0.4, 0.5) is 0 Å². The van der Waals surface area contributed by atoms with Crippen molar-refractivity contribution in [1.82, 2.24) is 25.3 Å². The van der Waals surface area contributed by atoms with Crippen molar-refractivity contribution in [2.45, 2.75) is 25.7 Å². The van der Waals surface area contributed by atoms with Crippen LogP contribution in [0.15, 0.2) is 36.7 Å². The van der Waals surface area contributed by atoms with Crippen LogP contribution in [0.5, 0.6) is 0 Å². The molecule has 2 N–H and O–H groups in total. The first-order valence-electron chi connectivity index (χ1n) is 9.59. The number of aromatic nitrogens is 4. The number of aromatic amines is 1. The quantitative estimate of drug-likeness (QED) is 0.687. The van der Waals surface area contributed by atoms with Crippen molar-refractivity contribution in [1.29, 1.82) is 0 Å². The summed E-state index contributed by atoms with van der Waals surface area (Å²) in [4.78, 5) is 13.5. The van der Waals surface area contributed by atoms with Crippen molar-refractivity contribution in [3.63, 3.8) is 0 Å². The van der Waals surface area contributed by atoms with Crippen molar-refractivity contribution in [2.75, 3.05) is 19.7 Å². The lowest BCUT2D eigenvalue weighted by molar-refractivity contribution is -0.135. The number of hydrogen-bond acceptors (Lipinski definition) is 5. The van der Waals surface area contributed by atoms with Gasteiger partial charge in [0, 0.05) is 46.4 Å². The van der Waals surface area contributed by atoms with Crippen molar-refractivity contribution in [2.24, 2.45) is 0 Å². The molecule has 1 fully saturated rings. The van der Waals surface area contributed by atoms with Crippen LogP contribution in [0.2, 0.25) is 5.02 Å². The zero-order chi connectivity index (χ0) is 20.4. The van der Waals surface area contributed by atoms with Gasteiger partial charge in [0.15, 0.2) is 0 Å². The van der Waals surface area contributed by atoms with Crippen molar-refractivity contribution in [3.8, 4) is 22.4 Å². The van der Waals surface area contributed by atoms with Gasteiger partial charge >= 0.3 is 0 Å². The van der Waals surface area contributed by atoms with Crippen LogP contribution in [0, 0.1) is 6.92 Å². The third-order valence-electron chi connectivity index (χ3n) is 5.50. The van der Waals surface area contributed by atoms with Gasteiger partial charge in [-0.1, -0.05) is 17.7 Å². The van der Waals surface area contributed by atoms with Crippen LogP contribution in [-0.4, -0.2) is 56.0 Å². The summed E-state index contributed by atoms with van der Waals surface area (Å²) in [7, 11) is 0. The molecule has 0 aliphatic carbocycles. The van der Waals surface area contributed by atoms with Crippen LogP contribution in [0.1, 0.15) is 30.0 Å². The van der Waals surface area contributed by atoms with E-state index in [2.05, 4.69) is 20.4 Å². The third-order valence-corrected chi connectivity index (χ3v) is 5.74. The standard InChI is InChI=1S/C21H22ClN5O2/c1-13-10-16(22)2-3-17(13)21-19(15-4-7-23-24-11-15)20(25-26-21)14-5-8-27(9-6-14)18(29)12-28/h2-4,7,10-11,14,28H,5-6,8-9,12H2,1H3,(H,25,26). The van der Waals surface area contributed by atoms with E-state index in [0.717, 1.165) is 46.5 Å². The highest BCUT2D eigenvalue weighted by Gasteiger charge is 2.29. The molecule has 150 valence electrons. The molecule has 0 bridgehead atoms. The van der Waals surface area contributed by atoms with Gasteiger partial charge in [0.25, 0.3) is 0 Å². The number of halogens is 1. The molecular formula is C21H22ClN5O2. The van der Waals surface area contributed by atoms with Gasteiger partial charge in [0.1, 0.15) is 12.3 Å². The van der Waals surface area contributed by atoms with E-state index >= 15 is 0 Å². The largest absolute Gasteiger partial charge is 0.387 e. The van der Waals surface area contributed by atoms with Crippen molar-refractivity contribution >= 4 is 17.5 Å². The molecular weight excluding hydrogens is 390 g/mol. The Kier molecular flexibility index (Phi) is 5.60. The summed E-state index contributed by atoms with van der Waals surface area (Å²) in [5, 5.41) is 25.7. The van der Waals surface area contributed by atoms with Gasteiger partial charge in [-0.3, -0.25) is 9.89 Å². The molecule has 0 unspecified atom stereocenters. The van der Waals surface area contributed by atoms with Crippen LogP contribution < -0.4 is 0 Å². The van der Waals surface area contributed by atoms with Gasteiger partial charge in [-0.2, -0.15) is 15.3 Å². The van der Waals surface area contributed by atoms with Crippen molar-refractivity contribution in [3.05, 3.63) is 52.9 Å². The lowest BCUT2D eigenvalue weighted by atomic mass is 9.87. The number of carbonyl (C=O) groups excluding carboxylic acids is 1. The van der Waals surface area contributed by atoms with Gasteiger partial charge in [0.2, 0.25) is 5.91 Å². The number of piperidine rings is 1. The summed E-state index contributed by atoms with van der Waals surface area (Å²) < 4.78 is 0. The van der Waals surface area contributed by atoms with Crippen molar-refractivity contribution < 1.29 is 9.90 Å². The predicted molar refractivity (Wildman–Crippen MR) is 110 cm³/mol. The highest BCUT2D eigenvalue weighted by atomic mass is 35.5. The molecule has 0 atom stereocenters. The van der Waals surface area contributed by atoms with E-state index in [9.17, 15) is 4.79 Å². The number of benzene rings is 1. The number of nitrogens with zero attached hydrogens (tertiary/aromatic N) is 4. The number of rotatable bonds is 4. The maximum Gasteiger partial charge on any atom is 0.248 e. The van der Waals surface area contributed by atoms with Gasteiger partial charge in [-0.25, -0.2) is 0 Å². The number of nitrogens with one attached hydrogen (secondary N) is 1. The number of aryl methyl sites for hydroxylation is 1. The van der Waals surface area contributed by atoms with E-state index in [0.29, 0.717) is 18.1 Å². The molecule has 1 saturated heterocycles. The SMILES string of the molecule is Cc1cc(Cl)ccc1-c1n[nH]c(C2CCN(C(=O)CO)CC2)c1-c1ccnnc1. The zero-order valence-electron chi connectivity index (χ0n) is 16.1. The average Bonchev–Trinajstić information content (AvgIpc) is 3.18. The summed E-state index contributed by atoms with van der Waals surface area (Å²) in [5.41, 5.74) is 5.91. The minimum absolute atomic E-state index is 0.218.